The van der Waals surface area contributed by atoms with Crippen LogP contribution in [-0.4, -0.2) is 51.5 Å². The Morgan fingerprint density at radius 1 is 1.28 bits per heavy atom. The van der Waals surface area contributed by atoms with Gasteiger partial charge in [0.15, 0.2) is 0 Å². The van der Waals surface area contributed by atoms with Crippen molar-refractivity contribution < 1.29 is 9.21 Å². The molecular formula is C20H21N7O2. The summed E-state index contributed by atoms with van der Waals surface area (Å²) in [7, 11) is 0. The molecule has 148 valence electrons. The average Bonchev–Trinajstić information content (AvgIpc) is 3.42. The highest BCUT2D eigenvalue weighted by molar-refractivity contribution is 6.10. The molecule has 29 heavy (non-hydrogen) atoms. The minimum atomic E-state index is -0.121. The van der Waals surface area contributed by atoms with Crippen molar-refractivity contribution in [1.29, 1.82) is 0 Å². The number of nitrogens with one attached hydrogen (secondary N) is 1. The Hall–Kier alpha value is -3.49. The molecule has 0 radical (unpaired) electrons. The Morgan fingerprint density at radius 3 is 3.03 bits per heavy atom. The summed E-state index contributed by atoms with van der Waals surface area (Å²) in [6, 6.07) is 2.09. The molecule has 1 N–H and O–H groups in total. The van der Waals surface area contributed by atoms with Crippen molar-refractivity contribution in [2.75, 3.05) is 34.8 Å². The van der Waals surface area contributed by atoms with E-state index in [1.165, 1.54) is 6.26 Å². The second kappa shape index (κ2) is 7.16. The van der Waals surface area contributed by atoms with Gasteiger partial charge in [-0.1, -0.05) is 0 Å². The van der Waals surface area contributed by atoms with Crippen molar-refractivity contribution in [3.05, 3.63) is 42.7 Å². The fraction of sp³-hybridized carbons (Fsp3) is 0.350. The van der Waals surface area contributed by atoms with Crippen LogP contribution in [0.25, 0.3) is 11.5 Å². The molecule has 0 aromatic carbocycles. The zero-order valence-electron chi connectivity index (χ0n) is 16.1. The summed E-state index contributed by atoms with van der Waals surface area (Å²) in [5.74, 6) is 1.61. The highest BCUT2D eigenvalue weighted by atomic mass is 16.3. The van der Waals surface area contributed by atoms with Crippen molar-refractivity contribution in [3.63, 3.8) is 0 Å². The van der Waals surface area contributed by atoms with Gasteiger partial charge in [-0.2, -0.15) is 4.98 Å². The normalized spacial score (nSPS) is 18.4. The number of fused-ring (bicyclic) bond motifs is 3. The van der Waals surface area contributed by atoms with Crippen LogP contribution in [0.15, 0.2) is 41.5 Å². The number of carbonyl (C=O) groups excluding carboxylic acids is 1. The van der Waals surface area contributed by atoms with Gasteiger partial charge in [-0.3, -0.25) is 9.78 Å². The van der Waals surface area contributed by atoms with E-state index < -0.39 is 0 Å². The second-order valence-electron chi connectivity index (χ2n) is 7.14. The number of anilines is 3. The van der Waals surface area contributed by atoms with Gasteiger partial charge in [0.25, 0.3) is 5.91 Å². The van der Waals surface area contributed by atoms with Crippen molar-refractivity contribution in [1.82, 2.24) is 19.9 Å². The van der Waals surface area contributed by atoms with Gasteiger partial charge >= 0.3 is 0 Å². The lowest BCUT2D eigenvalue weighted by atomic mass is 10.2. The molecular weight excluding hydrogens is 370 g/mol. The van der Waals surface area contributed by atoms with Gasteiger partial charge in [-0.05, 0) is 25.8 Å². The Labute approximate surface area is 167 Å². The van der Waals surface area contributed by atoms with Crippen LogP contribution in [0, 0.1) is 0 Å². The van der Waals surface area contributed by atoms with E-state index in [1.807, 2.05) is 13.0 Å². The van der Waals surface area contributed by atoms with E-state index in [4.69, 9.17) is 4.42 Å². The first-order chi connectivity index (χ1) is 14.2. The SMILES string of the molecule is CCNc1ncc2c(n1)N1CCC[C@H]1CN(c1cncc(-c3ncco3)c1)C2=O. The maximum absolute atomic E-state index is 13.5. The van der Waals surface area contributed by atoms with Crippen molar-refractivity contribution in [2.24, 2.45) is 0 Å². The fourth-order valence-corrected chi connectivity index (χ4v) is 4.01. The maximum Gasteiger partial charge on any atom is 0.263 e. The fourth-order valence-electron chi connectivity index (χ4n) is 4.01. The standard InChI is InChI=1S/C20H21N7O2/c1-2-22-20-24-11-16-17(25-20)26-6-3-4-14(26)12-27(19(16)28)15-8-13(9-21-10-15)18-23-5-7-29-18/h5,7-11,14H,2-4,6,12H2,1H3,(H,22,24,25)/t14-/m0/s1. The molecule has 9 nitrogen and oxygen atoms in total. The van der Waals surface area contributed by atoms with Gasteiger partial charge in [0, 0.05) is 38.1 Å². The number of amides is 1. The quantitative estimate of drug-likeness (QED) is 0.724. The van der Waals surface area contributed by atoms with E-state index in [9.17, 15) is 4.79 Å². The molecule has 0 spiro atoms. The van der Waals surface area contributed by atoms with E-state index in [1.54, 1.807) is 29.7 Å². The van der Waals surface area contributed by atoms with Gasteiger partial charge in [-0.15, -0.1) is 0 Å². The number of oxazole rings is 1. The van der Waals surface area contributed by atoms with Crippen LogP contribution >= 0.6 is 0 Å². The minimum Gasteiger partial charge on any atom is -0.444 e. The van der Waals surface area contributed by atoms with Gasteiger partial charge in [-0.25, -0.2) is 9.97 Å². The molecule has 0 bridgehead atoms. The molecule has 0 aliphatic carbocycles. The maximum atomic E-state index is 13.5. The zero-order chi connectivity index (χ0) is 19.8. The molecule has 1 atom stereocenters. The van der Waals surface area contributed by atoms with Crippen LogP contribution in [0.1, 0.15) is 30.1 Å². The molecule has 0 saturated carbocycles. The van der Waals surface area contributed by atoms with Crippen molar-refractivity contribution >= 4 is 23.4 Å². The third-order valence-electron chi connectivity index (χ3n) is 5.34. The summed E-state index contributed by atoms with van der Waals surface area (Å²) in [5.41, 5.74) is 1.95. The third-order valence-corrected chi connectivity index (χ3v) is 5.34. The zero-order valence-corrected chi connectivity index (χ0v) is 16.1. The van der Waals surface area contributed by atoms with Gasteiger partial charge in [0.2, 0.25) is 11.8 Å². The molecule has 9 heteroatoms. The first kappa shape index (κ1) is 17.6. The molecule has 2 aliphatic rings. The average molecular weight is 391 g/mol. The molecule has 3 aromatic heterocycles. The predicted octanol–water partition coefficient (Wildman–Crippen LogP) is 2.59. The summed E-state index contributed by atoms with van der Waals surface area (Å²) in [6.07, 6.45) is 10.2. The first-order valence-corrected chi connectivity index (χ1v) is 9.79. The summed E-state index contributed by atoms with van der Waals surface area (Å²) in [5, 5.41) is 3.14. The number of hydrogen-bond acceptors (Lipinski definition) is 8. The molecule has 1 saturated heterocycles. The minimum absolute atomic E-state index is 0.121. The molecule has 1 fully saturated rings. The number of pyridine rings is 1. The molecule has 3 aromatic rings. The van der Waals surface area contributed by atoms with E-state index in [-0.39, 0.29) is 11.9 Å². The lowest BCUT2D eigenvalue weighted by molar-refractivity contribution is 0.0988. The van der Waals surface area contributed by atoms with E-state index in [2.05, 4.69) is 30.2 Å². The van der Waals surface area contributed by atoms with Crippen LogP contribution in [0.5, 0.6) is 0 Å². The number of nitrogens with zero attached hydrogens (tertiary/aromatic N) is 6. The Kier molecular flexibility index (Phi) is 4.34. The van der Waals surface area contributed by atoms with Crippen molar-refractivity contribution in [3.8, 4) is 11.5 Å². The summed E-state index contributed by atoms with van der Waals surface area (Å²) < 4.78 is 5.39. The Balaban J connectivity index is 1.57. The Morgan fingerprint density at radius 2 is 2.21 bits per heavy atom. The lowest BCUT2D eigenvalue weighted by Gasteiger charge is -2.27. The number of aromatic nitrogens is 4. The smallest absolute Gasteiger partial charge is 0.263 e. The lowest BCUT2D eigenvalue weighted by Crippen LogP contribution is -2.39. The first-order valence-electron chi connectivity index (χ1n) is 9.79. The van der Waals surface area contributed by atoms with Gasteiger partial charge in [0.1, 0.15) is 17.6 Å². The topological polar surface area (TPSA) is 100 Å². The highest BCUT2D eigenvalue weighted by Crippen LogP contribution is 2.34. The predicted molar refractivity (Wildman–Crippen MR) is 108 cm³/mol. The van der Waals surface area contributed by atoms with Gasteiger partial charge in [0.05, 0.1) is 23.6 Å². The van der Waals surface area contributed by atoms with Crippen LogP contribution < -0.4 is 15.1 Å². The summed E-state index contributed by atoms with van der Waals surface area (Å²) in [6.45, 7) is 4.18. The van der Waals surface area contributed by atoms with Crippen molar-refractivity contribution in [2.45, 2.75) is 25.8 Å². The van der Waals surface area contributed by atoms with E-state index >= 15 is 0 Å². The number of rotatable bonds is 4. The highest BCUT2D eigenvalue weighted by Gasteiger charge is 2.37. The van der Waals surface area contributed by atoms with Crippen LogP contribution in [0.4, 0.5) is 17.5 Å². The van der Waals surface area contributed by atoms with Crippen LogP contribution in [0.3, 0.4) is 0 Å². The largest absolute Gasteiger partial charge is 0.444 e. The third kappa shape index (κ3) is 3.08. The summed E-state index contributed by atoms with van der Waals surface area (Å²) in [4.78, 5) is 35.0. The second-order valence-corrected chi connectivity index (χ2v) is 7.14. The van der Waals surface area contributed by atoms with Crippen LogP contribution in [0.2, 0.25) is 0 Å². The van der Waals surface area contributed by atoms with E-state index in [0.29, 0.717) is 35.5 Å². The van der Waals surface area contributed by atoms with Gasteiger partial charge < -0.3 is 19.5 Å². The molecule has 5 rings (SSSR count). The molecule has 1 amide bonds. The Bertz CT molecular complexity index is 1040. The molecule has 0 unspecified atom stereocenters. The number of carbonyl (C=O) groups is 1. The summed E-state index contributed by atoms with van der Waals surface area (Å²) >= 11 is 0. The molecule has 2 aliphatic heterocycles. The monoisotopic (exact) mass is 391 g/mol. The van der Waals surface area contributed by atoms with E-state index in [0.717, 1.165) is 31.5 Å². The number of hydrogen-bond donors (Lipinski definition) is 1. The van der Waals surface area contributed by atoms with Crippen LogP contribution in [-0.2, 0) is 0 Å². The molecule has 5 heterocycles.